The second-order valence-electron chi connectivity index (χ2n) is 7.56. The number of amides is 1. The summed E-state index contributed by atoms with van der Waals surface area (Å²) >= 11 is 4.86. The number of benzene rings is 3. The van der Waals surface area contributed by atoms with E-state index in [1.54, 1.807) is 0 Å². The molecule has 5 nitrogen and oxygen atoms in total. The summed E-state index contributed by atoms with van der Waals surface area (Å²) in [6, 6.07) is 24.4. The van der Waals surface area contributed by atoms with E-state index < -0.39 is 6.09 Å². The number of rotatable bonds is 7. The Labute approximate surface area is 193 Å². The second kappa shape index (κ2) is 10.1. The first-order valence-electron chi connectivity index (χ1n) is 10.5. The molecule has 0 spiro atoms. The summed E-state index contributed by atoms with van der Waals surface area (Å²) in [4.78, 5) is 12.2. The maximum atomic E-state index is 12.2. The topological polar surface area (TPSA) is 76.4 Å². The van der Waals surface area contributed by atoms with Crippen molar-refractivity contribution in [3.63, 3.8) is 0 Å². The number of hydrogen-bond acceptors (Lipinski definition) is 3. The first kappa shape index (κ1) is 21.6. The Bertz CT molecular complexity index is 1110. The molecule has 0 saturated carbocycles. The van der Waals surface area contributed by atoms with Gasteiger partial charge in [-0.15, -0.1) is 0 Å². The molecule has 0 radical (unpaired) electrons. The van der Waals surface area contributed by atoms with Crippen LogP contribution < -0.4 is 16.4 Å². The van der Waals surface area contributed by atoms with Gasteiger partial charge in [0.15, 0.2) is 5.11 Å². The van der Waals surface area contributed by atoms with Crippen molar-refractivity contribution in [3.8, 4) is 11.1 Å². The number of ether oxygens (including phenoxy) is 1. The van der Waals surface area contributed by atoms with Crippen LogP contribution in [0.5, 0.6) is 0 Å². The molecule has 0 bridgehead atoms. The second-order valence-corrected chi connectivity index (χ2v) is 8.00. The number of thiocarbonyl (C=S) groups is 1. The van der Waals surface area contributed by atoms with E-state index in [1.807, 2.05) is 60.7 Å². The molecule has 0 unspecified atom stereocenters. The Balaban J connectivity index is 1.25. The van der Waals surface area contributed by atoms with Crippen molar-refractivity contribution in [1.29, 1.82) is 0 Å². The summed E-state index contributed by atoms with van der Waals surface area (Å²) in [5.41, 5.74) is 12.2. The number of nitrogens with one attached hydrogen (secondary N) is 2. The molecular formula is C26H25N3O2S. The van der Waals surface area contributed by atoms with Gasteiger partial charge in [0.1, 0.15) is 6.61 Å². The minimum Gasteiger partial charge on any atom is -0.449 e. The lowest BCUT2D eigenvalue weighted by Crippen LogP contribution is -2.26. The van der Waals surface area contributed by atoms with Gasteiger partial charge in [0, 0.05) is 18.2 Å². The number of nitrogens with two attached hydrogens (primary N) is 1. The smallest absolute Gasteiger partial charge is 0.407 e. The first-order valence-corrected chi connectivity index (χ1v) is 10.9. The molecular weight excluding hydrogens is 418 g/mol. The third-order valence-electron chi connectivity index (χ3n) is 5.39. The van der Waals surface area contributed by atoms with E-state index in [0.29, 0.717) is 19.6 Å². The quantitative estimate of drug-likeness (QED) is 0.342. The Kier molecular flexibility index (Phi) is 6.82. The molecule has 0 saturated heterocycles. The van der Waals surface area contributed by atoms with Crippen LogP contribution in [-0.4, -0.2) is 24.4 Å². The van der Waals surface area contributed by atoms with Crippen molar-refractivity contribution in [3.05, 3.63) is 95.6 Å². The van der Waals surface area contributed by atoms with E-state index in [0.717, 1.165) is 11.3 Å². The highest BCUT2D eigenvalue weighted by molar-refractivity contribution is 7.80. The van der Waals surface area contributed by atoms with Gasteiger partial charge in [0.25, 0.3) is 0 Å². The third kappa shape index (κ3) is 5.15. The van der Waals surface area contributed by atoms with Gasteiger partial charge in [-0.05, 0) is 58.6 Å². The standard InChI is InChI=1S/C26H25N3O2S/c27-25(32)29-19-10-7-9-18(16-19)8-5-6-15-28-26(30)31-17-24-22-13-3-1-11-20(22)21-12-2-4-14-23(21)24/h1-5,7-14,16,24H,6,15,17H2,(H,28,30)(H3,27,29,32). The molecule has 0 fully saturated rings. The highest BCUT2D eigenvalue weighted by Gasteiger charge is 2.28. The number of fused-ring (bicyclic) bond motifs is 3. The lowest BCUT2D eigenvalue weighted by molar-refractivity contribution is 0.143. The fourth-order valence-electron chi connectivity index (χ4n) is 3.99. The summed E-state index contributed by atoms with van der Waals surface area (Å²) in [6.07, 6.45) is 4.29. The first-order chi connectivity index (χ1) is 15.6. The molecule has 1 amide bonds. The molecule has 1 aliphatic carbocycles. The Morgan fingerprint density at radius 3 is 2.38 bits per heavy atom. The molecule has 0 aliphatic heterocycles. The Morgan fingerprint density at radius 1 is 1.00 bits per heavy atom. The average molecular weight is 444 g/mol. The van der Waals surface area contributed by atoms with Crippen LogP contribution in [-0.2, 0) is 4.74 Å². The van der Waals surface area contributed by atoms with Crippen molar-refractivity contribution >= 4 is 35.2 Å². The molecule has 4 N–H and O–H groups in total. The zero-order chi connectivity index (χ0) is 22.3. The number of carbonyl (C=O) groups excluding carboxylic acids is 1. The summed E-state index contributed by atoms with van der Waals surface area (Å²) in [5.74, 6) is 0.0651. The van der Waals surface area contributed by atoms with Gasteiger partial charge in [-0.2, -0.15) is 0 Å². The zero-order valence-electron chi connectivity index (χ0n) is 17.6. The summed E-state index contributed by atoms with van der Waals surface area (Å²) in [7, 11) is 0. The number of anilines is 1. The van der Waals surface area contributed by atoms with Crippen molar-refractivity contribution in [1.82, 2.24) is 5.32 Å². The van der Waals surface area contributed by atoms with Crippen molar-refractivity contribution in [2.45, 2.75) is 12.3 Å². The van der Waals surface area contributed by atoms with E-state index in [2.05, 4.69) is 34.9 Å². The predicted molar refractivity (Wildman–Crippen MR) is 134 cm³/mol. The SMILES string of the molecule is NC(=S)Nc1cccc(C=CCCNC(=O)OCC2c3ccccc3-c3ccccc32)c1. The van der Waals surface area contributed by atoms with Gasteiger partial charge < -0.3 is 21.1 Å². The third-order valence-corrected chi connectivity index (χ3v) is 5.49. The maximum absolute atomic E-state index is 12.2. The molecule has 0 heterocycles. The number of carbonyl (C=O) groups is 1. The molecule has 162 valence electrons. The molecule has 3 aromatic rings. The van der Waals surface area contributed by atoms with E-state index in [9.17, 15) is 4.79 Å². The zero-order valence-corrected chi connectivity index (χ0v) is 18.4. The van der Waals surface area contributed by atoms with Crippen LogP contribution in [0.2, 0.25) is 0 Å². The van der Waals surface area contributed by atoms with Crippen LogP contribution in [0.15, 0.2) is 78.9 Å². The van der Waals surface area contributed by atoms with Crippen molar-refractivity contribution in [2.24, 2.45) is 5.73 Å². The Hall–Kier alpha value is -3.64. The van der Waals surface area contributed by atoms with Gasteiger partial charge in [-0.1, -0.05) is 72.8 Å². The van der Waals surface area contributed by atoms with Crippen LogP contribution >= 0.6 is 12.2 Å². The van der Waals surface area contributed by atoms with Crippen molar-refractivity contribution in [2.75, 3.05) is 18.5 Å². The molecule has 0 atom stereocenters. The van der Waals surface area contributed by atoms with Crippen LogP contribution in [0, 0.1) is 0 Å². The molecule has 3 aromatic carbocycles. The highest BCUT2D eigenvalue weighted by atomic mass is 32.1. The fraction of sp³-hybridized carbons (Fsp3) is 0.154. The largest absolute Gasteiger partial charge is 0.449 e. The highest BCUT2D eigenvalue weighted by Crippen LogP contribution is 2.44. The molecule has 1 aliphatic rings. The molecule has 32 heavy (non-hydrogen) atoms. The van der Waals surface area contributed by atoms with Gasteiger partial charge in [0.05, 0.1) is 0 Å². The summed E-state index contributed by atoms with van der Waals surface area (Å²) < 4.78 is 5.55. The monoisotopic (exact) mass is 443 g/mol. The predicted octanol–water partition coefficient (Wildman–Crippen LogP) is 5.28. The van der Waals surface area contributed by atoms with Gasteiger partial charge in [-0.3, -0.25) is 0 Å². The van der Waals surface area contributed by atoms with Crippen LogP contribution in [0.25, 0.3) is 17.2 Å². The minimum atomic E-state index is -0.400. The summed E-state index contributed by atoms with van der Waals surface area (Å²) in [5, 5.41) is 5.97. The van der Waals surface area contributed by atoms with Gasteiger partial charge >= 0.3 is 6.09 Å². The average Bonchev–Trinajstić information content (AvgIpc) is 3.11. The van der Waals surface area contributed by atoms with E-state index in [4.69, 9.17) is 22.7 Å². The maximum Gasteiger partial charge on any atom is 0.407 e. The van der Waals surface area contributed by atoms with Crippen LogP contribution in [0.3, 0.4) is 0 Å². The van der Waals surface area contributed by atoms with Gasteiger partial charge in [-0.25, -0.2) is 4.79 Å². The molecule has 6 heteroatoms. The van der Waals surface area contributed by atoms with E-state index >= 15 is 0 Å². The fourth-order valence-corrected chi connectivity index (χ4v) is 4.11. The van der Waals surface area contributed by atoms with Crippen molar-refractivity contribution < 1.29 is 9.53 Å². The normalized spacial score (nSPS) is 12.2. The van der Waals surface area contributed by atoms with E-state index in [1.165, 1.54) is 22.3 Å². The lowest BCUT2D eigenvalue weighted by Gasteiger charge is -2.14. The minimum absolute atomic E-state index is 0.0651. The molecule has 4 rings (SSSR count). The Morgan fingerprint density at radius 2 is 1.69 bits per heavy atom. The number of hydrogen-bond donors (Lipinski definition) is 3. The number of alkyl carbamates (subject to hydrolysis) is 1. The van der Waals surface area contributed by atoms with Crippen LogP contribution in [0.1, 0.15) is 29.0 Å². The van der Waals surface area contributed by atoms with Gasteiger partial charge in [0.2, 0.25) is 0 Å². The lowest BCUT2D eigenvalue weighted by atomic mass is 9.98. The van der Waals surface area contributed by atoms with E-state index in [-0.39, 0.29) is 11.0 Å². The van der Waals surface area contributed by atoms with Crippen LogP contribution in [0.4, 0.5) is 10.5 Å². The molecule has 0 aromatic heterocycles. The summed E-state index contributed by atoms with van der Waals surface area (Å²) in [6.45, 7) is 0.816.